The molecular formula is C20H22O3. The number of rotatable bonds is 5. The highest BCUT2D eigenvalue weighted by molar-refractivity contribution is 5.48. The molecule has 0 saturated carbocycles. The summed E-state index contributed by atoms with van der Waals surface area (Å²) >= 11 is 0. The van der Waals surface area contributed by atoms with E-state index in [1.807, 2.05) is 18.2 Å². The summed E-state index contributed by atoms with van der Waals surface area (Å²) in [7, 11) is 0. The monoisotopic (exact) mass is 310 g/mol. The molecule has 1 aliphatic carbocycles. The largest absolute Gasteiger partial charge is 0.504 e. The molecule has 2 aromatic rings. The minimum absolute atomic E-state index is 0.0133. The Labute approximate surface area is 136 Å². The maximum Gasteiger partial charge on any atom is 0.160 e. The summed E-state index contributed by atoms with van der Waals surface area (Å²) in [5.74, 6) is 1.07. The van der Waals surface area contributed by atoms with E-state index in [0.717, 1.165) is 37.0 Å². The molecule has 23 heavy (non-hydrogen) atoms. The molecule has 0 fully saturated rings. The number of aromatic hydroxyl groups is 2. The highest BCUT2D eigenvalue weighted by Gasteiger charge is 2.23. The van der Waals surface area contributed by atoms with Crippen LogP contribution in [-0.2, 0) is 12.8 Å². The fourth-order valence-electron chi connectivity index (χ4n) is 3.23. The first-order valence-corrected chi connectivity index (χ1v) is 8.05. The molecule has 0 radical (unpaired) electrons. The summed E-state index contributed by atoms with van der Waals surface area (Å²) in [4.78, 5) is 0. The highest BCUT2D eigenvalue weighted by Crippen LogP contribution is 2.40. The minimum Gasteiger partial charge on any atom is -0.504 e. The zero-order valence-corrected chi connectivity index (χ0v) is 13.2. The molecule has 3 rings (SSSR count). The van der Waals surface area contributed by atoms with Crippen molar-refractivity contribution < 1.29 is 14.9 Å². The maximum absolute atomic E-state index is 10.1. The fraction of sp³-hybridized carbons (Fsp3) is 0.300. The molecule has 1 unspecified atom stereocenters. The van der Waals surface area contributed by atoms with Gasteiger partial charge >= 0.3 is 0 Å². The van der Waals surface area contributed by atoms with Crippen LogP contribution < -0.4 is 4.74 Å². The minimum atomic E-state index is -0.0465. The van der Waals surface area contributed by atoms with Gasteiger partial charge in [-0.2, -0.15) is 0 Å². The lowest BCUT2D eigenvalue weighted by Gasteiger charge is -2.26. The summed E-state index contributed by atoms with van der Waals surface area (Å²) < 4.78 is 5.74. The molecule has 0 aliphatic heterocycles. The van der Waals surface area contributed by atoms with Crippen LogP contribution in [0, 0.1) is 0 Å². The van der Waals surface area contributed by atoms with Gasteiger partial charge in [-0.1, -0.05) is 24.3 Å². The number of benzene rings is 2. The van der Waals surface area contributed by atoms with Crippen molar-refractivity contribution in [2.24, 2.45) is 0 Å². The van der Waals surface area contributed by atoms with Gasteiger partial charge < -0.3 is 14.9 Å². The molecule has 0 spiro atoms. The van der Waals surface area contributed by atoms with Crippen LogP contribution in [0.1, 0.15) is 35.4 Å². The third-order valence-corrected chi connectivity index (χ3v) is 4.48. The van der Waals surface area contributed by atoms with Crippen LogP contribution in [0.3, 0.4) is 0 Å². The lowest BCUT2D eigenvalue weighted by molar-refractivity contribution is 0.324. The summed E-state index contributed by atoms with van der Waals surface area (Å²) in [5.41, 5.74) is 3.44. The SMILES string of the molecule is C=CCCOc1ccc2c(c1)CC(c1cccc(O)c1O)CC2. The molecule has 0 bridgehead atoms. The third kappa shape index (κ3) is 3.34. The van der Waals surface area contributed by atoms with E-state index in [4.69, 9.17) is 4.74 Å². The second-order valence-corrected chi connectivity index (χ2v) is 6.01. The Kier molecular flexibility index (Phi) is 4.56. The maximum atomic E-state index is 10.1. The highest BCUT2D eigenvalue weighted by atomic mass is 16.5. The van der Waals surface area contributed by atoms with E-state index in [1.165, 1.54) is 17.2 Å². The number of phenolic OH excluding ortho intramolecular Hbond substituents is 2. The molecule has 3 heteroatoms. The molecule has 120 valence electrons. The van der Waals surface area contributed by atoms with E-state index in [2.05, 4.69) is 18.7 Å². The van der Waals surface area contributed by atoms with Gasteiger partial charge in [0.1, 0.15) is 5.75 Å². The average Bonchev–Trinajstić information content (AvgIpc) is 2.57. The second kappa shape index (κ2) is 6.78. The second-order valence-electron chi connectivity index (χ2n) is 6.01. The van der Waals surface area contributed by atoms with Crippen LogP contribution in [-0.4, -0.2) is 16.8 Å². The van der Waals surface area contributed by atoms with E-state index in [1.54, 1.807) is 6.07 Å². The van der Waals surface area contributed by atoms with Crippen LogP contribution in [0.25, 0.3) is 0 Å². The molecule has 3 nitrogen and oxygen atoms in total. The van der Waals surface area contributed by atoms with E-state index >= 15 is 0 Å². The average molecular weight is 310 g/mol. The number of hydrogen-bond acceptors (Lipinski definition) is 3. The van der Waals surface area contributed by atoms with E-state index in [9.17, 15) is 10.2 Å². The fourth-order valence-corrected chi connectivity index (χ4v) is 3.23. The van der Waals surface area contributed by atoms with Crippen molar-refractivity contribution in [3.05, 3.63) is 65.7 Å². The smallest absolute Gasteiger partial charge is 0.160 e. The Morgan fingerprint density at radius 2 is 2.04 bits per heavy atom. The molecule has 0 aromatic heterocycles. The van der Waals surface area contributed by atoms with Crippen molar-refractivity contribution in [3.63, 3.8) is 0 Å². The number of fused-ring (bicyclic) bond motifs is 1. The summed E-state index contributed by atoms with van der Waals surface area (Å²) in [6.07, 6.45) is 5.48. The number of phenols is 2. The van der Waals surface area contributed by atoms with Crippen molar-refractivity contribution in [1.82, 2.24) is 0 Å². The topological polar surface area (TPSA) is 49.7 Å². The normalized spacial score (nSPS) is 16.6. The lowest BCUT2D eigenvalue weighted by Crippen LogP contribution is -2.13. The standard InChI is InChI=1S/C20H22O3/c1-2-3-11-23-17-10-9-14-7-8-15(12-16(14)13-17)18-5-4-6-19(21)20(18)22/h2,4-6,9-10,13,15,21-22H,1,3,7-8,11-12H2. The Morgan fingerprint density at radius 3 is 2.87 bits per heavy atom. The molecule has 2 aromatic carbocycles. The summed E-state index contributed by atoms with van der Waals surface area (Å²) in [6, 6.07) is 11.5. The van der Waals surface area contributed by atoms with Crippen LogP contribution in [0.4, 0.5) is 0 Å². The van der Waals surface area contributed by atoms with Gasteiger partial charge in [-0.25, -0.2) is 0 Å². The van der Waals surface area contributed by atoms with Crippen LogP contribution in [0.15, 0.2) is 49.1 Å². The van der Waals surface area contributed by atoms with Gasteiger partial charge in [-0.05, 0) is 60.9 Å². The first-order chi connectivity index (χ1) is 11.2. The van der Waals surface area contributed by atoms with Gasteiger partial charge in [-0.15, -0.1) is 6.58 Å². The number of para-hydroxylation sites is 1. The molecule has 1 aliphatic rings. The van der Waals surface area contributed by atoms with Gasteiger partial charge in [-0.3, -0.25) is 0 Å². The van der Waals surface area contributed by atoms with Gasteiger partial charge in [0, 0.05) is 5.56 Å². The van der Waals surface area contributed by atoms with Gasteiger partial charge in [0.15, 0.2) is 11.5 Å². The first-order valence-electron chi connectivity index (χ1n) is 8.05. The Bertz CT molecular complexity index is 706. The van der Waals surface area contributed by atoms with E-state index < -0.39 is 0 Å². The van der Waals surface area contributed by atoms with Crippen molar-refractivity contribution in [3.8, 4) is 17.2 Å². The zero-order chi connectivity index (χ0) is 16.2. The number of aryl methyl sites for hydroxylation is 1. The molecule has 0 amide bonds. The summed E-state index contributed by atoms with van der Waals surface area (Å²) in [6.45, 7) is 4.33. The number of ether oxygens (including phenoxy) is 1. The predicted octanol–water partition coefficient (Wildman–Crippen LogP) is 4.33. The van der Waals surface area contributed by atoms with Crippen molar-refractivity contribution in [2.75, 3.05) is 6.61 Å². The van der Waals surface area contributed by atoms with E-state index in [0.29, 0.717) is 6.61 Å². The van der Waals surface area contributed by atoms with Crippen LogP contribution in [0.5, 0.6) is 17.2 Å². The van der Waals surface area contributed by atoms with Gasteiger partial charge in [0.25, 0.3) is 0 Å². The predicted molar refractivity (Wildman–Crippen MR) is 91.3 cm³/mol. The van der Waals surface area contributed by atoms with Crippen LogP contribution >= 0.6 is 0 Å². The third-order valence-electron chi connectivity index (χ3n) is 4.48. The van der Waals surface area contributed by atoms with Crippen molar-refractivity contribution >= 4 is 0 Å². The molecule has 1 atom stereocenters. The molecule has 2 N–H and O–H groups in total. The van der Waals surface area contributed by atoms with Crippen molar-refractivity contribution in [1.29, 1.82) is 0 Å². The Morgan fingerprint density at radius 1 is 1.17 bits per heavy atom. The Hall–Kier alpha value is -2.42. The van der Waals surface area contributed by atoms with E-state index in [-0.39, 0.29) is 17.4 Å². The molecule has 0 saturated heterocycles. The summed E-state index contributed by atoms with van der Waals surface area (Å²) in [5, 5.41) is 19.8. The van der Waals surface area contributed by atoms with Crippen molar-refractivity contribution in [2.45, 2.75) is 31.6 Å². The lowest BCUT2D eigenvalue weighted by atomic mass is 9.80. The molecule has 0 heterocycles. The molecular weight excluding hydrogens is 288 g/mol. The van der Waals surface area contributed by atoms with Gasteiger partial charge in [0.2, 0.25) is 0 Å². The zero-order valence-electron chi connectivity index (χ0n) is 13.2. The quantitative estimate of drug-likeness (QED) is 0.491. The Balaban J connectivity index is 1.80. The van der Waals surface area contributed by atoms with Gasteiger partial charge in [0.05, 0.1) is 6.61 Å². The first kappa shape index (κ1) is 15.5. The van der Waals surface area contributed by atoms with Crippen LogP contribution in [0.2, 0.25) is 0 Å². The number of hydrogen-bond donors (Lipinski definition) is 2.